The molecule has 9 heteroatoms. The normalized spacial score (nSPS) is 15.7. The van der Waals surface area contributed by atoms with Crippen molar-refractivity contribution < 1.29 is 22.4 Å². The number of carbonyl (C=O) groups is 2. The first-order chi connectivity index (χ1) is 15.9. The SMILES string of the molecule is CC(=O)N1CCN(S(=O)(=O)c2cccc(C(=O)NC(c3ccccc3)c3ccco3)c2)CC1. The highest BCUT2D eigenvalue weighted by molar-refractivity contribution is 7.89. The van der Waals surface area contributed by atoms with Crippen LogP contribution in [0.3, 0.4) is 0 Å². The Morgan fingerprint density at radius 2 is 1.67 bits per heavy atom. The van der Waals surface area contributed by atoms with Gasteiger partial charge in [-0.3, -0.25) is 9.59 Å². The van der Waals surface area contributed by atoms with Crippen molar-refractivity contribution in [2.45, 2.75) is 17.9 Å². The highest BCUT2D eigenvalue weighted by atomic mass is 32.2. The number of nitrogens with zero attached hydrogens (tertiary/aromatic N) is 2. The molecule has 1 saturated heterocycles. The molecule has 0 radical (unpaired) electrons. The van der Waals surface area contributed by atoms with Gasteiger partial charge in [0.2, 0.25) is 15.9 Å². The molecule has 2 amide bonds. The maximum atomic E-state index is 13.1. The van der Waals surface area contributed by atoms with Crippen molar-refractivity contribution >= 4 is 21.8 Å². The van der Waals surface area contributed by atoms with E-state index in [4.69, 9.17) is 4.42 Å². The fourth-order valence-electron chi connectivity index (χ4n) is 3.82. The average Bonchev–Trinajstić information content (AvgIpc) is 3.38. The smallest absolute Gasteiger partial charge is 0.252 e. The second-order valence-corrected chi connectivity index (χ2v) is 9.71. The van der Waals surface area contributed by atoms with E-state index in [9.17, 15) is 18.0 Å². The summed E-state index contributed by atoms with van der Waals surface area (Å²) in [6.45, 7) is 2.59. The number of sulfonamides is 1. The first-order valence-electron chi connectivity index (χ1n) is 10.6. The highest BCUT2D eigenvalue weighted by Gasteiger charge is 2.30. The van der Waals surface area contributed by atoms with Crippen LogP contribution in [-0.2, 0) is 14.8 Å². The Morgan fingerprint density at radius 3 is 2.30 bits per heavy atom. The molecule has 0 spiro atoms. The molecule has 1 unspecified atom stereocenters. The lowest BCUT2D eigenvalue weighted by atomic mass is 10.0. The van der Waals surface area contributed by atoms with Gasteiger partial charge in [-0.1, -0.05) is 36.4 Å². The molecule has 4 rings (SSSR count). The van der Waals surface area contributed by atoms with E-state index < -0.39 is 22.0 Å². The summed E-state index contributed by atoms with van der Waals surface area (Å²) in [6.07, 6.45) is 1.54. The number of hydrogen-bond acceptors (Lipinski definition) is 5. The van der Waals surface area contributed by atoms with Crippen LogP contribution in [0.1, 0.15) is 34.6 Å². The molecule has 172 valence electrons. The molecule has 0 bridgehead atoms. The number of benzene rings is 2. The van der Waals surface area contributed by atoms with Crippen molar-refractivity contribution in [3.8, 4) is 0 Å². The molecular formula is C24H25N3O5S. The summed E-state index contributed by atoms with van der Waals surface area (Å²) in [7, 11) is -3.79. The van der Waals surface area contributed by atoms with E-state index in [0.717, 1.165) is 5.56 Å². The van der Waals surface area contributed by atoms with Gasteiger partial charge < -0.3 is 14.6 Å². The van der Waals surface area contributed by atoms with Gasteiger partial charge in [-0.25, -0.2) is 8.42 Å². The van der Waals surface area contributed by atoms with Gasteiger partial charge in [-0.2, -0.15) is 4.31 Å². The van der Waals surface area contributed by atoms with Crippen molar-refractivity contribution in [2.75, 3.05) is 26.2 Å². The molecule has 2 aromatic carbocycles. The van der Waals surface area contributed by atoms with E-state index in [0.29, 0.717) is 18.8 Å². The summed E-state index contributed by atoms with van der Waals surface area (Å²) in [5.74, 6) is 0.0793. The van der Waals surface area contributed by atoms with Crippen LogP contribution in [0, 0.1) is 0 Å². The number of furan rings is 1. The van der Waals surface area contributed by atoms with E-state index in [2.05, 4.69) is 5.32 Å². The fourth-order valence-corrected chi connectivity index (χ4v) is 5.29. The average molecular weight is 468 g/mol. The molecule has 1 fully saturated rings. The number of piperazine rings is 1. The van der Waals surface area contributed by atoms with Crippen LogP contribution < -0.4 is 5.32 Å². The lowest BCUT2D eigenvalue weighted by Crippen LogP contribution is -2.49. The van der Waals surface area contributed by atoms with Crippen molar-refractivity contribution in [1.82, 2.24) is 14.5 Å². The van der Waals surface area contributed by atoms with Crippen LogP contribution in [0.15, 0.2) is 82.3 Å². The second kappa shape index (κ2) is 9.60. The molecule has 0 aliphatic carbocycles. The molecule has 1 atom stereocenters. The van der Waals surface area contributed by atoms with Gasteiger partial charge in [0.25, 0.3) is 5.91 Å². The van der Waals surface area contributed by atoms with Gasteiger partial charge in [0, 0.05) is 38.7 Å². The zero-order chi connectivity index (χ0) is 23.4. The summed E-state index contributed by atoms with van der Waals surface area (Å²) >= 11 is 0. The van der Waals surface area contributed by atoms with Crippen molar-refractivity contribution in [1.29, 1.82) is 0 Å². The summed E-state index contributed by atoms with van der Waals surface area (Å²) < 4.78 is 33.2. The van der Waals surface area contributed by atoms with Crippen LogP contribution >= 0.6 is 0 Å². The van der Waals surface area contributed by atoms with E-state index >= 15 is 0 Å². The van der Waals surface area contributed by atoms with Gasteiger partial charge in [0.1, 0.15) is 11.8 Å². The van der Waals surface area contributed by atoms with E-state index in [1.54, 1.807) is 29.2 Å². The quantitative estimate of drug-likeness (QED) is 0.601. The van der Waals surface area contributed by atoms with Crippen LogP contribution in [0.5, 0.6) is 0 Å². The minimum Gasteiger partial charge on any atom is -0.467 e. The first-order valence-corrected chi connectivity index (χ1v) is 12.1. The lowest BCUT2D eigenvalue weighted by molar-refractivity contribution is -0.129. The van der Waals surface area contributed by atoms with Crippen molar-refractivity contribution in [3.05, 3.63) is 89.9 Å². The maximum Gasteiger partial charge on any atom is 0.252 e. The summed E-state index contributed by atoms with van der Waals surface area (Å²) in [5, 5.41) is 2.94. The zero-order valence-electron chi connectivity index (χ0n) is 18.2. The Kier molecular flexibility index (Phi) is 6.62. The Balaban J connectivity index is 1.54. The molecular weight excluding hydrogens is 442 g/mol. The second-order valence-electron chi connectivity index (χ2n) is 7.77. The van der Waals surface area contributed by atoms with Crippen LogP contribution in [0.2, 0.25) is 0 Å². The minimum atomic E-state index is -3.79. The standard InChI is InChI=1S/C24H25N3O5S/c1-18(28)26-12-14-27(15-13-26)33(30,31)21-10-5-9-20(17-21)24(29)25-23(22-11-6-16-32-22)19-7-3-2-4-8-19/h2-11,16-17,23H,12-15H2,1H3,(H,25,29). The number of rotatable bonds is 6. The molecule has 0 saturated carbocycles. The summed E-state index contributed by atoms with van der Waals surface area (Å²) in [4.78, 5) is 26.3. The molecule has 1 aromatic heterocycles. The monoisotopic (exact) mass is 467 g/mol. The number of carbonyl (C=O) groups excluding carboxylic acids is 2. The summed E-state index contributed by atoms with van der Waals surface area (Å²) in [6, 6.07) is 18.4. The molecule has 3 aromatic rings. The predicted molar refractivity (Wildman–Crippen MR) is 122 cm³/mol. The maximum absolute atomic E-state index is 13.1. The highest BCUT2D eigenvalue weighted by Crippen LogP contribution is 2.24. The fraction of sp³-hybridized carbons (Fsp3) is 0.250. The van der Waals surface area contributed by atoms with Gasteiger partial charge in [-0.05, 0) is 35.9 Å². The van der Waals surface area contributed by atoms with E-state index in [1.165, 1.54) is 29.6 Å². The Hall–Kier alpha value is -3.43. The van der Waals surface area contributed by atoms with E-state index in [1.807, 2.05) is 30.3 Å². The van der Waals surface area contributed by atoms with Crippen LogP contribution in [0.25, 0.3) is 0 Å². The van der Waals surface area contributed by atoms with E-state index in [-0.39, 0.29) is 29.5 Å². The third kappa shape index (κ3) is 4.99. The topological polar surface area (TPSA) is 99.9 Å². The zero-order valence-corrected chi connectivity index (χ0v) is 19.0. The van der Waals surface area contributed by atoms with Crippen molar-refractivity contribution in [3.63, 3.8) is 0 Å². The number of nitrogens with one attached hydrogen (secondary N) is 1. The molecule has 8 nitrogen and oxygen atoms in total. The Morgan fingerprint density at radius 1 is 0.939 bits per heavy atom. The van der Waals surface area contributed by atoms with Gasteiger partial charge >= 0.3 is 0 Å². The Labute approximate surface area is 192 Å². The minimum absolute atomic E-state index is 0.0423. The van der Waals surface area contributed by atoms with Crippen LogP contribution in [0.4, 0.5) is 0 Å². The van der Waals surface area contributed by atoms with Gasteiger partial charge in [0.15, 0.2) is 0 Å². The van der Waals surface area contributed by atoms with Gasteiger partial charge in [0.05, 0.1) is 11.2 Å². The molecule has 1 N–H and O–H groups in total. The van der Waals surface area contributed by atoms with Gasteiger partial charge in [-0.15, -0.1) is 0 Å². The third-order valence-corrected chi connectivity index (χ3v) is 7.55. The third-order valence-electron chi connectivity index (χ3n) is 5.65. The number of hydrogen-bond donors (Lipinski definition) is 1. The summed E-state index contributed by atoms with van der Waals surface area (Å²) in [5.41, 5.74) is 1.07. The lowest BCUT2D eigenvalue weighted by Gasteiger charge is -2.33. The Bertz CT molecular complexity index is 1220. The number of amides is 2. The van der Waals surface area contributed by atoms with Crippen LogP contribution in [-0.4, -0.2) is 55.6 Å². The predicted octanol–water partition coefficient (Wildman–Crippen LogP) is 2.65. The van der Waals surface area contributed by atoms with Crippen molar-refractivity contribution in [2.24, 2.45) is 0 Å². The molecule has 1 aliphatic heterocycles. The largest absolute Gasteiger partial charge is 0.467 e. The molecule has 33 heavy (non-hydrogen) atoms. The molecule has 1 aliphatic rings. The molecule has 2 heterocycles. The first kappa shape index (κ1) is 22.8.